The van der Waals surface area contributed by atoms with Crippen molar-refractivity contribution in [2.45, 2.75) is 32.0 Å². The average Bonchev–Trinajstić information content (AvgIpc) is 2.69. The van der Waals surface area contributed by atoms with Crippen LogP contribution in [0.4, 0.5) is 11.4 Å². The van der Waals surface area contributed by atoms with E-state index in [0.717, 1.165) is 38.0 Å². The summed E-state index contributed by atoms with van der Waals surface area (Å²) in [5, 5.41) is 0. The Kier molecular flexibility index (Phi) is 3.24. The zero-order chi connectivity index (χ0) is 17.1. The molecule has 3 saturated heterocycles. The maximum atomic E-state index is 6.47. The Morgan fingerprint density at radius 1 is 0.846 bits per heavy atom. The van der Waals surface area contributed by atoms with E-state index in [2.05, 4.69) is 57.2 Å². The van der Waals surface area contributed by atoms with Gasteiger partial charge in [0.1, 0.15) is 11.9 Å². The van der Waals surface area contributed by atoms with E-state index in [1.54, 1.807) is 0 Å². The maximum absolute atomic E-state index is 6.47. The zero-order valence-corrected chi connectivity index (χ0v) is 15.1. The van der Waals surface area contributed by atoms with Crippen LogP contribution < -0.4 is 14.5 Å². The van der Waals surface area contributed by atoms with Crippen molar-refractivity contribution in [1.29, 1.82) is 0 Å². The van der Waals surface area contributed by atoms with E-state index in [9.17, 15) is 0 Å². The molecular formula is C22H25N3O. The Hall–Kier alpha value is -2.20. The number of benzene rings is 2. The zero-order valence-electron chi connectivity index (χ0n) is 15.1. The van der Waals surface area contributed by atoms with Crippen LogP contribution in [0.2, 0.25) is 0 Å². The molecule has 5 aliphatic rings. The fraction of sp³-hybridized carbons (Fsp3) is 0.455. The van der Waals surface area contributed by atoms with Crippen LogP contribution in [0.15, 0.2) is 42.5 Å². The largest absolute Gasteiger partial charge is 0.489 e. The smallest absolute Gasteiger partial charge is 0.120 e. The third-order valence-electron chi connectivity index (χ3n) is 6.67. The first-order chi connectivity index (χ1) is 12.8. The second kappa shape index (κ2) is 5.65. The highest BCUT2D eigenvalue weighted by Crippen LogP contribution is 2.39. The number of piperidine rings is 3. The molecule has 0 radical (unpaired) electrons. The van der Waals surface area contributed by atoms with Crippen LogP contribution in [-0.2, 0) is 13.1 Å². The van der Waals surface area contributed by atoms with Crippen LogP contribution in [0.1, 0.15) is 24.0 Å². The first-order valence-corrected chi connectivity index (χ1v) is 9.93. The molecule has 3 fully saturated rings. The molecule has 4 bridgehead atoms. The maximum Gasteiger partial charge on any atom is 0.120 e. The topological polar surface area (TPSA) is 19.0 Å². The SMILES string of the molecule is c1ccc2c(c1)CN1CN2Cc2cc(OC3CN4CCC3CC4)ccc21. The van der Waals surface area contributed by atoms with Gasteiger partial charge in [-0.3, -0.25) is 4.90 Å². The van der Waals surface area contributed by atoms with Gasteiger partial charge in [-0.05, 0) is 67.2 Å². The van der Waals surface area contributed by atoms with Crippen molar-refractivity contribution < 1.29 is 4.74 Å². The number of hydrogen-bond donors (Lipinski definition) is 0. The molecule has 0 spiro atoms. The van der Waals surface area contributed by atoms with Gasteiger partial charge in [0.15, 0.2) is 0 Å². The van der Waals surface area contributed by atoms with E-state index in [1.165, 1.54) is 48.4 Å². The summed E-state index contributed by atoms with van der Waals surface area (Å²) in [7, 11) is 0. The summed E-state index contributed by atoms with van der Waals surface area (Å²) in [6.07, 6.45) is 2.97. The van der Waals surface area contributed by atoms with Gasteiger partial charge >= 0.3 is 0 Å². The number of ether oxygens (including phenoxy) is 1. The molecule has 0 aliphatic carbocycles. The average molecular weight is 347 g/mol. The van der Waals surface area contributed by atoms with Crippen molar-refractivity contribution in [3.05, 3.63) is 53.6 Å². The standard InChI is InChI=1S/C22H25N3O/c1-2-4-20-17(3-1)12-24-15-25(20)13-18-11-19(5-6-21(18)24)26-22-14-23-9-7-16(22)8-10-23/h1-6,11,16,22H,7-10,12-15H2. The summed E-state index contributed by atoms with van der Waals surface area (Å²) in [5.41, 5.74) is 5.58. The number of rotatable bonds is 2. The minimum Gasteiger partial charge on any atom is -0.489 e. The molecule has 134 valence electrons. The minimum atomic E-state index is 0.375. The number of anilines is 2. The third kappa shape index (κ3) is 2.32. The van der Waals surface area contributed by atoms with Crippen LogP contribution in [0.5, 0.6) is 5.75 Å². The molecule has 1 unspecified atom stereocenters. The Morgan fingerprint density at radius 2 is 1.62 bits per heavy atom. The van der Waals surface area contributed by atoms with Gasteiger partial charge in [-0.2, -0.15) is 0 Å². The quantitative estimate of drug-likeness (QED) is 0.828. The van der Waals surface area contributed by atoms with Crippen LogP contribution in [-0.4, -0.2) is 37.3 Å². The van der Waals surface area contributed by atoms with E-state index in [1.807, 2.05) is 0 Å². The van der Waals surface area contributed by atoms with Crippen LogP contribution in [0, 0.1) is 5.92 Å². The molecule has 5 aliphatic heterocycles. The monoisotopic (exact) mass is 347 g/mol. The van der Waals surface area contributed by atoms with Crippen molar-refractivity contribution in [1.82, 2.24) is 4.90 Å². The lowest BCUT2D eigenvalue weighted by Crippen LogP contribution is -2.52. The summed E-state index contributed by atoms with van der Waals surface area (Å²) in [5.74, 6) is 1.80. The predicted molar refractivity (Wildman–Crippen MR) is 104 cm³/mol. The lowest BCUT2D eigenvalue weighted by atomic mass is 9.86. The number of hydrogen-bond acceptors (Lipinski definition) is 4. The van der Waals surface area contributed by atoms with Gasteiger partial charge in [-0.15, -0.1) is 0 Å². The number of nitrogens with zero attached hydrogens (tertiary/aromatic N) is 3. The van der Waals surface area contributed by atoms with Crippen molar-refractivity contribution in [2.24, 2.45) is 5.92 Å². The van der Waals surface area contributed by atoms with E-state index < -0.39 is 0 Å². The first-order valence-electron chi connectivity index (χ1n) is 9.93. The van der Waals surface area contributed by atoms with Crippen molar-refractivity contribution >= 4 is 11.4 Å². The summed E-state index contributed by atoms with van der Waals surface area (Å²) in [4.78, 5) is 7.53. The molecule has 4 heteroatoms. The lowest BCUT2D eigenvalue weighted by Gasteiger charge is -2.45. The van der Waals surface area contributed by atoms with Gasteiger partial charge in [-0.25, -0.2) is 0 Å². The van der Waals surface area contributed by atoms with Gasteiger partial charge in [0.2, 0.25) is 0 Å². The first kappa shape index (κ1) is 14.9. The highest BCUT2D eigenvalue weighted by Gasteiger charge is 2.36. The van der Waals surface area contributed by atoms with Crippen molar-refractivity contribution in [3.8, 4) is 5.75 Å². The minimum absolute atomic E-state index is 0.375. The molecule has 2 aromatic rings. The van der Waals surface area contributed by atoms with E-state index in [-0.39, 0.29) is 0 Å². The Bertz CT molecular complexity index is 843. The molecule has 1 atom stereocenters. The second-order valence-corrected chi connectivity index (χ2v) is 8.25. The molecule has 0 aromatic heterocycles. The summed E-state index contributed by atoms with van der Waals surface area (Å²) in [6, 6.07) is 15.6. The molecule has 0 saturated carbocycles. The molecule has 0 amide bonds. The van der Waals surface area contributed by atoms with Gasteiger partial charge < -0.3 is 14.5 Å². The van der Waals surface area contributed by atoms with Gasteiger partial charge in [0.05, 0.1) is 6.67 Å². The highest BCUT2D eigenvalue weighted by atomic mass is 16.5. The van der Waals surface area contributed by atoms with Gasteiger partial charge in [0.25, 0.3) is 0 Å². The second-order valence-electron chi connectivity index (χ2n) is 8.25. The van der Waals surface area contributed by atoms with Gasteiger partial charge in [0, 0.05) is 31.0 Å². The third-order valence-corrected chi connectivity index (χ3v) is 6.67. The molecule has 2 aromatic carbocycles. The van der Waals surface area contributed by atoms with Crippen LogP contribution >= 0.6 is 0 Å². The predicted octanol–water partition coefficient (Wildman–Crippen LogP) is 3.46. The number of para-hydroxylation sites is 1. The number of fused-ring (bicyclic) bond motifs is 9. The molecule has 26 heavy (non-hydrogen) atoms. The van der Waals surface area contributed by atoms with E-state index >= 15 is 0 Å². The van der Waals surface area contributed by atoms with Gasteiger partial charge in [-0.1, -0.05) is 18.2 Å². The fourth-order valence-corrected chi connectivity index (χ4v) is 5.28. The van der Waals surface area contributed by atoms with Crippen LogP contribution in [0.3, 0.4) is 0 Å². The van der Waals surface area contributed by atoms with E-state index in [4.69, 9.17) is 4.74 Å². The Labute approximate surface area is 155 Å². The van der Waals surface area contributed by atoms with Crippen LogP contribution in [0.25, 0.3) is 0 Å². The lowest BCUT2D eigenvalue weighted by molar-refractivity contribution is -0.00778. The summed E-state index contributed by atoms with van der Waals surface area (Å²) < 4.78 is 6.47. The molecule has 4 nitrogen and oxygen atoms in total. The summed E-state index contributed by atoms with van der Waals surface area (Å²) in [6.45, 7) is 6.59. The summed E-state index contributed by atoms with van der Waals surface area (Å²) >= 11 is 0. The molecule has 5 heterocycles. The molecule has 0 N–H and O–H groups in total. The van der Waals surface area contributed by atoms with Crippen molar-refractivity contribution in [3.63, 3.8) is 0 Å². The highest BCUT2D eigenvalue weighted by molar-refractivity contribution is 5.68. The van der Waals surface area contributed by atoms with Crippen molar-refractivity contribution in [2.75, 3.05) is 36.1 Å². The fourth-order valence-electron chi connectivity index (χ4n) is 5.28. The normalized spacial score (nSPS) is 28.5. The Morgan fingerprint density at radius 3 is 2.42 bits per heavy atom. The molecule has 7 rings (SSSR count). The van der Waals surface area contributed by atoms with E-state index in [0.29, 0.717) is 6.10 Å². The Balaban J connectivity index is 1.27. The molecular weight excluding hydrogens is 322 g/mol.